The third-order valence-corrected chi connectivity index (χ3v) is 5.77. The summed E-state index contributed by atoms with van der Waals surface area (Å²) in [7, 11) is 0. The first-order valence-corrected chi connectivity index (χ1v) is 9.26. The Morgan fingerprint density at radius 2 is 2.14 bits per heavy atom. The topological polar surface area (TPSA) is 54.9 Å². The van der Waals surface area contributed by atoms with Crippen molar-refractivity contribution in [2.75, 3.05) is 0 Å². The highest BCUT2D eigenvalue weighted by Gasteiger charge is 2.34. The molecule has 1 aromatic heterocycles. The fraction of sp³-hybridized carbons (Fsp3) is 0.400. The van der Waals surface area contributed by atoms with Crippen molar-refractivity contribution in [1.29, 1.82) is 0 Å². The van der Waals surface area contributed by atoms with Crippen molar-refractivity contribution < 1.29 is 4.79 Å². The molecule has 22 heavy (non-hydrogen) atoms. The van der Waals surface area contributed by atoms with Gasteiger partial charge < -0.3 is 5.32 Å². The number of rotatable bonds is 6. The summed E-state index contributed by atoms with van der Waals surface area (Å²) in [5.41, 5.74) is 2.79. The van der Waals surface area contributed by atoms with Gasteiger partial charge in [0, 0.05) is 5.02 Å². The molecule has 1 amide bonds. The Labute approximate surface area is 142 Å². The maximum atomic E-state index is 12.5. The first-order chi connectivity index (χ1) is 10.6. The second-order valence-corrected chi connectivity index (χ2v) is 8.20. The Kier molecular flexibility index (Phi) is 5.00. The minimum Gasteiger partial charge on any atom is -0.348 e. The summed E-state index contributed by atoms with van der Waals surface area (Å²) in [4.78, 5) is 12.5. The van der Waals surface area contributed by atoms with Crippen molar-refractivity contribution in [2.24, 2.45) is 5.92 Å². The molecule has 1 saturated carbocycles. The number of nitrogens with one attached hydrogen (secondary N) is 1. The Bertz CT molecular complexity index is 629. The number of carbonyl (C=O) groups excluding carboxylic acids is 1. The van der Waals surface area contributed by atoms with Crippen LogP contribution in [0.3, 0.4) is 0 Å². The Morgan fingerprint density at radius 3 is 2.73 bits per heavy atom. The van der Waals surface area contributed by atoms with Crippen molar-refractivity contribution in [3.63, 3.8) is 0 Å². The molecule has 0 aliphatic heterocycles. The van der Waals surface area contributed by atoms with Gasteiger partial charge in [0.1, 0.15) is 5.51 Å². The zero-order chi connectivity index (χ0) is 15.5. The number of aromatic nitrogens is 2. The van der Waals surface area contributed by atoms with Crippen LogP contribution in [0.15, 0.2) is 34.1 Å². The van der Waals surface area contributed by atoms with Gasteiger partial charge in [-0.1, -0.05) is 46.8 Å². The predicted octanol–water partition coefficient (Wildman–Crippen LogP) is 3.94. The third-order valence-electron chi connectivity index (χ3n) is 3.61. The second-order valence-electron chi connectivity index (χ2n) is 5.34. The maximum Gasteiger partial charge on any atom is 0.233 e. The molecule has 7 heteroatoms. The number of hydrogen-bond donors (Lipinski definition) is 1. The minimum atomic E-state index is -0.193. The molecule has 1 fully saturated rings. The van der Waals surface area contributed by atoms with E-state index >= 15 is 0 Å². The number of amides is 1. The molecule has 1 heterocycles. The lowest BCUT2D eigenvalue weighted by molar-refractivity contribution is -0.121. The van der Waals surface area contributed by atoms with Crippen LogP contribution in [-0.4, -0.2) is 21.4 Å². The van der Waals surface area contributed by atoms with Crippen LogP contribution < -0.4 is 5.32 Å². The van der Waals surface area contributed by atoms with Crippen LogP contribution in [0.5, 0.6) is 0 Å². The maximum absolute atomic E-state index is 12.5. The number of nitrogens with zero attached hydrogens (tertiary/aromatic N) is 2. The molecule has 0 radical (unpaired) electrons. The van der Waals surface area contributed by atoms with Gasteiger partial charge in [0.05, 0.1) is 11.3 Å². The molecule has 0 spiro atoms. The number of halogens is 1. The smallest absolute Gasteiger partial charge is 0.233 e. The van der Waals surface area contributed by atoms with E-state index < -0.39 is 0 Å². The summed E-state index contributed by atoms with van der Waals surface area (Å²) in [5.74, 6) is 0.566. The molecular formula is C15H16ClN3OS2. The van der Waals surface area contributed by atoms with Gasteiger partial charge in [-0.2, -0.15) is 0 Å². The highest BCUT2D eigenvalue weighted by atomic mass is 35.5. The van der Waals surface area contributed by atoms with Crippen LogP contribution in [-0.2, 0) is 4.79 Å². The zero-order valence-corrected chi connectivity index (χ0v) is 14.4. The van der Waals surface area contributed by atoms with E-state index in [-0.39, 0.29) is 17.2 Å². The number of hydrogen-bond acceptors (Lipinski definition) is 5. The van der Waals surface area contributed by atoms with E-state index in [1.54, 1.807) is 5.51 Å². The van der Waals surface area contributed by atoms with Gasteiger partial charge in [0.15, 0.2) is 4.34 Å². The molecule has 2 aromatic rings. The van der Waals surface area contributed by atoms with Gasteiger partial charge in [-0.3, -0.25) is 4.79 Å². The first kappa shape index (κ1) is 15.8. The second kappa shape index (κ2) is 6.98. The van der Waals surface area contributed by atoms with E-state index in [0.29, 0.717) is 10.9 Å². The van der Waals surface area contributed by atoms with Crippen molar-refractivity contribution in [3.05, 3.63) is 40.4 Å². The van der Waals surface area contributed by atoms with Crippen LogP contribution in [0.4, 0.5) is 0 Å². The SMILES string of the molecule is C[C@@H](Sc1nncs1)C(=O)N[C@H](c1ccc(Cl)cc1)C1CC1. The molecule has 0 bridgehead atoms. The van der Waals surface area contributed by atoms with Crippen LogP contribution in [0.2, 0.25) is 5.02 Å². The van der Waals surface area contributed by atoms with Crippen molar-refractivity contribution >= 4 is 40.6 Å². The van der Waals surface area contributed by atoms with Crippen LogP contribution >= 0.6 is 34.7 Å². The van der Waals surface area contributed by atoms with Gasteiger partial charge in [-0.15, -0.1) is 10.2 Å². The largest absolute Gasteiger partial charge is 0.348 e. The monoisotopic (exact) mass is 353 g/mol. The first-order valence-electron chi connectivity index (χ1n) is 7.12. The van der Waals surface area contributed by atoms with Crippen molar-refractivity contribution in [2.45, 2.75) is 35.4 Å². The quantitative estimate of drug-likeness (QED) is 0.799. The van der Waals surface area contributed by atoms with E-state index in [1.165, 1.54) is 23.1 Å². The molecule has 2 atom stereocenters. The summed E-state index contributed by atoms with van der Waals surface area (Å²) in [5, 5.41) is 11.5. The van der Waals surface area contributed by atoms with Crippen LogP contribution in [0.1, 0.15) is 31.4 Å². The molecule has 1 aliphatic carbocycles. The third kappa shape index (κ3) is 4.00. The molecule has 116 valence electrons. The van der Waals surface area contributed by atoms with E-state index in [0.717, 1.165) is 22.7 Å². The van der Waals surface area contributed by atoms with E-state index in [1.807, 2.05) is 31.2 Å². The Hall–Kier alpha value is -1.11. The van der Waals surface area contributed by atoms with Crippen LogP contribution in [0.25, 0.3) is 0 Å². The van der Waals surface area contributed by atoms with Gasteiger partial charge in [-0.05, 0) is 43.4 Å². The number of benzene rings is 1. The molecule has 1 N–H and O–H groups in total. The lowest BCUT2D eigenvalue weighted by atomic mass is 10.0. The Balaban J connectivity index is 1.65. The average molecular weight is 354 g/mol. The van der Waals surface area contributed by atoms with Gasteiger partial charge in [0.25, 0.3) is 0 Å². The lowest BCUT2D eigenvalue weighted by Gasteiger charge is -2.21. The van der Waals surface area contributed by atoms with Gasteiger partial charge >= 0.3 is 0 Å². The Morgan fingerprint density at radius 1 is 1.41 bits per heavy atom. The molecule has 1 aromatic carbocycles. The van der Waals surface area contributed by atoms with Gasteiger partial charge in [0.2, 0.25) is 5.91 Å². The number of thioether (sulfide) groups is 1. The molecule has 1 aliphatic rings. The standard InChI is InChI=1S/C15H16ClN3OS2/c1-9(22-15-19-17-8-21-15)14(20)18-13(10-2-3-10)11-4-6-12(16)7-5-11/h4-10,13H,2-3H2,1H3,(H,18,20)/t9-,13+/m1/s1. The normalized spacial score (nSPS) is 17.0. The molecule has 0 unspecified atom stereocenters. The fourth-order valence-electron chi connectivity index (χ4n) is 2.26. The van der Waals surface area contributed by atoms with Gasteiger partial charge in [-0.25, -0.2) is 0 Å². The number of carbonyl (C=O) groups is 1. The van der Waals surface area contributed by atoms with E-state index in [4.69, 9.17) is 11.6 Å². The van der Waals surface area contributed by atoms with Crippen LogP contribution in [0, 0.1) is 5.92 Å². The molecule has 0 saturated heterocycles. The summed E-state index contributed by atoms with van der Waals surface area (Å²) in [6.45, 7) is 1.90. The van der Waals surface area contributed by atoms with E-state index in [2.05, 4.69) is 15.5 Å². The molecule has 4 nitrogen and oxygen atoms in total. The zero-order valence-electron chi connectivity index (χ0n) is 12.0. The average Bonchev–Trinajstić information content (AvgIpc) is 3.23. The van der Waals surface area contributed by atoms with Crippen molar-refractivity contribution in [3.8, 4) is 0 Å². The minimum absolute atomic E-state index is 0.0343. The molecule has 3 rings (SSSR count). The highest BCUT2D eigenvalue weighted by Crippen LogP contribution is 2.41. The highest BCUT2D eigenvalue weighted by molar-refractivity contribution is 8.02. The summed E-state index contributed by atoms with van der Waals surface area (Å²) in [6, 6.07) is 7.81. The molecular weight excluding hydrogens is 338 g/mol. The van der Waals surface area contributed by atoms with Crippen molar-refractivity contribution in [1.82, 2.24) is 15.5 Å². The predicted molar refractivity (Wildman–Crippen MR) is 90.3 cm³/mol. The lowest BCUT2D eigenvalue weighted by Crippen LogP contribution is -2.35. The summed E-state index contributed by atoms with van der Waals surface area (Å²) < 4.78 is 0.817. The fourth-order valence-corrected chi connectivity index (χ4v) is 4.02. The summed E-state index contributed by atoms with van der Waals surface area (Å²) >= 11 is 8.84. The van der Waals surface area contributed by atoms with E-state index in [9.17, 15) is 4.79 Å². The summed E-state index contributed by atoms with van der Waals surface area (Å²) in [6.07, 6.45) is 2.32.